The third-order valence-corrected chi connectivity index (χ3v) is 2.56. The lowest BCUT2D eigenvalue weighted by Crippen LogP contribution is -2.24. The van der Waals surface area contributed by atoms with Crippen LogP contribution in [0.3, 0.4) is 0 Å². The van der Waals surface area contributed by atoms with Gasteiger partial charge in [0.05, 0.1) is 7.11 Å². The lowest BCUT2D eigenvalue weighted by atomic mass is 10.1. The summed E-state index contributed by atoms with van der Waals surface area (Å²) in [4.78, 5) is 0. The number of ether oxygens (including phenoxy) is 1. The average Bonchev–Trinajstić information content (AvgIpc) is 2.26. The maximum atomic E-state index is 5.74. The van der Waals surface area contributed by atoms with E-state index in [1.165, 1.54) is 0 Å². The minimum atomic E-state index is 0.510. The Bertz CT molecular complexity index is 312. The van der Waals surface area contributed by atoms with Gasteiger partial charge in [-0.25, -0.2) is 0 Å². The highest BCUT2D eigenvalue weighted by Crippen LogP contribution is 2.20. The number of anilines is 1. The summed E-state index contributed by atoms with van der Waals surface area (Å²) in [5.74, 6) is 0.889. The van der Waals surface area contributed by atoms with Crippen LogP contribution in [-0.4, -0.2) is 13.2 Å². The number of nitrogen functional groups attached to an aromatic ring is 1. The zero-order valence-corrected chi connectivity index (χ0v) is 9.71. The van der Waals surface area contributed by atoms with Crippen molar-refractivity contribution in [2.45, 2.75) is 32.9 Å². The maximum Gasteiger partial charge on any atom is 0.123 e. The quantitative estimate of drug-likeness (QED) is 0.729. The van der Waals surface area contributed by atoms with Crippen molar-refractivity contribution < 1.29 is 4.74 Å². The maximum absolute atomic E-state index is 5.74. The molecule has 0 aromatic heterocycles. The van der Waals surface area contributed by atoms with Crippen LogP contribution < -0.4 is 15.8 Å². The van der Waals surface area contributed by atoms with Crippen LogP contribution in [0.25, 0.3) is 0 Å². The van der Waals surface area contributed by atoms with Crippen LogP contribution in [-0.2, 0) is 6.54 Å². The molecule has 0 saturated carbocycles. The molecule has 1 atom stereocenters. The normalized spacial score (nSPS) is 12.5. The third kappa shape index (κ3) is 3.44. The fourth-order valence-electron chi connectivity index (χ4n) is 1.37. The van der Waals surface area contributed by atoms with Crippen LogP contribution in [0.5, 0.6) is 5.75 Å². The summed E-state index contributed by atoms with van der Waals surface area (Å²) in [6, 6.07) is 6.22. The molecule has 0 radical (unpaired) electrons. The summed E-state index contributed by atoms with van der Waals surface area (Å²) in [6.07, 6.45) is 1.12. The van der Waals surface area contributed by atoms with Gasteiger partial charge in [0.2, 0.25) is 0 Å². The van der Waals surface area contributed by atoms with Crippen LogP contribution in [0, 0.1) is 0 Å². The zero-order chi connectivity index (χ0) is 11.3. The molecule has 3 heteroatoms. The predicted molar refractivity (Wildman–Crippen MR) is 64.0 cm³/mol. The summed E-state index contributed by atoms with van der Waals surface area (Å²) >= 11 is 0. The molecule has 0 bridgehead atoms. The molecule has 15 heavy (non-hydrogen) atoms. The zero-order valence-electron chi connectivity index (χ0n) is 9.71. The molecule has 1 aromatic carbocycles. The Morgan fingerprint density at radius 1 is 1.47 bits per heavy atom. The van der Waals surface area contributed by atoms with E-state index in [2.05, 4.69) is 19.2 Å². The predicted octanol–water partition coefficient (Wildman–Crippen LogP) is 2.17. The molecule has 0 aliphatic heterocycles. The molecular weight excluding hydrogens is 188 g/mol. The molecule has 0 heterocycles. The van der Waals surface area contributed by atoms with Crippen LogP contribution in [0.15, 0.2) is 18.2 Å². The lowest BCUT2D eigenvalue weighted by Gasteiger charge is -2.14. The number of rotatable bonds is 5. The van der Waals surface area contributed by atoms with E-state index in [0.29, 0.717) is 6.04 Å². The molecule has 1 unspecified atom stereocenters. The molecular formula is C12H20N2O. The Hall–Kier alpha value is -1.22. The Morgan fingerprint density at radius 3 is 2.80 bits per heavy atom. The van der Waals surface area contributed by atoms with Crippen molar-refractivity contribution in [2.75, 3.05) is 12.8 Å². The van der Waals surface area contributed by atoms with E-state index in [-0.39, 0.29) is 0 Å². The van der Waals surface area contributed by atoms with Crippen molar-refractivity contribution >= 4 is 5.69 Å². The molecule has 0 aliphatic rings. The fraction of sp³-hybridized carbons (Fsp3) is 0.500. The van der Waals surface area contributed by atoms with Crippen molar-refractivity contribution in [3.05, 3.63) is 23.8 Å². The Balaban J connectivity index is 2.69. The summed E-state index contributed by atoms with van der Waals surface area (Å²) in [5, 5.41) is 3.41. The largest absolute Gasteiger partial charge is 0.496 e. The minimum Gasteiger partial charge on any atom is -0.496 e. The van der Waals surface area contributed by atoms with E-state index >= 15 is 0 Å². The second-order valence-electron chi connectivity index (χ2n) is 3.76. The van der Waals surface area contributed by atoms with Gasteiger partial charge in [-0.1, -0.05) is 6.92 Å². The SMILES string of the molecule is CCC(C)NCc1cc(N)ccc1OC. The summed E-state index contributed by atoms with van der Waals surface area (Å²) in [5.41, 5.74) is 7.62. The van der Waals surface area contributed by atoms with Crippen LogP contribution >= 0.6 is 0 Å². The van der Waals surface area contributed by atoms with Gasteiger partial charge in [0, 0.05) is 23.8 Å². The van der Waals surface area contributed by atoms with Crippen molar-refractivity contribution in [1.82, 2.24) is 5.32 Å². The highest BCUT2D eigenvalue weighted by atomic mass is 16.5. The van der Waals surface area contributed by atoms with Gasteiger partial charge < -0.3 is 15.8 Å². The van der Waals surface area contributed by atoms with Gasteiger partial charge >= 0.3 is 0 Å². The summed E-state index contributed by atoms with van der Waals surface area (Å²) in [6.45, 7) is 5.12. The lowest BCUT2D eigenvalue weighted by molar-refractivity contribution is 0.405. The average molecular weight is 208 g/mol. The standard InChI is InChI=1S/C12H20N2O/c1-4-9(2)14-8-10-7-11(13)5-6-12(10)15-3/h5-7,9,14H,4,8,13H2,1-3H3. The Kier molecular flexibility index (Phi) is 4.43. The molecule has 1 rings (SSSR count). The first-order valence-corrected chi connectivity index (χ1v) is 5.33. The number of nitrogens with two attached hydrogens (primary N) is 1. The number of methoxy groups -OCH3 is 1. The van der Waals surface area contributed by atoms with Crippen molar-refractivity contribution in [2.24, 2.45) is 0 Å². The molecule has 0 aliphatic carbocycles. The topological polar surface area (TPSA) is 47.3 Å². The molecule has 3 N–H and O–H groups in total. The minimum absolute atomic E-state index is 0.510. The second-order valence-corrected chi connectivity index (χ2v) is 3.76. The van der Waals surface area contributed by atoms with Crippen LogP contribution in [0.1, 0.15) is 25.8 Å². The molecule has 0 spiro atoms. The van der Waals surface area contributed by atoms with Gasteiger partial charge in [-0.3, -0.25) is 0 Å². The first kappa shape index (κ1) is 11.9. The summed E-state index contributed by atoms with van der Waals surface area (Å²) in [7, 11) is 1.68. The van der Waals surface area contributed by atoms with Gasteiger partial charge in [0.25, 0.3) is 0 Å². The number of benzene rings is 1. The molecule has 0 saturated heterocycles. The number of hydrogen-bond acceptors (Lipinski definition) is 3. The third-order valence-electron chi connectivity index (χ3n) is 2.56. The number of nitrogens with one attached hydrogen (secondary N) is 1. The second kappa shape index (κ2) is 5.61. The summed E-state index contributed by atoms with van der Waals surface area (Å²) < 4.78 is 5.27. The van der Waals surface area contributed by atoms with E-state index in [0.717, 1.165) is 30.0 Å². The van der Waals surface area contributed by atoms with Gasteiger partial charge in [0.1, 0.15) is 5.75 Å². The van der Waals surface area contributed by atoms with Crippen molar-refractivity contribution in [3.8, 4) is 5.75 Å². The van der Waals surface area contributed by atoms with Gasteiger partial charge in [-0.15, -0.1) is 0 Å². The molecule has 0 amide bonds. The first-order valence-electron chi connectivity index (χ1n) is 5.33. The van der Waals surface area contributed by atoms with E-state index in [1.807, 2.05) is 18.2 Å². The highest BCUT2D eigenvalue weighted by molar-refractivity contribution is 5.47. The van der Waals surface area contributed by atoms with Gasteiger partial charge in [-0.2, -0.15) is 0 Å². The van der Waals surface area contributed by atoms with Gasteiger partial charge in [0.15, 0.2) is 0 Å². The number of hydrogen-bond donors (Lipinski definition) is 2. The van der Waals surface area contributed by atoms with E-state index in [1.54, 1.807) is 7.11 Å². The van der Waals surface area contributed by atoms with E-state index in [4.69, 9.17) is 10.5 Å². The van der Waals surface area contributed by atoms with E-state index < -0.39 is 0 Å². The Labute approximate surface area is 91.6 Å². The van der Waals surface area contributed by atoms with E-state index in [9.17, 15) is 0 Å². The van der Waals surface area contributed by atoms with Gasteiger partial charge in [-0.05, 0) is 31.5 Å². The monoisotopic (exact) mass is 208 g/mol. The van der Waals surface area contributed by atoms with Crippen LogP contribution in [0.4, 0.5) is 5.69 Å². The molecule has 84 valence electrons. The first-order chi connectivity index (χ1) is 7.17. The fourth-order valence-corrected chi connectivity index (χ4v) is 1.37. The molecule has 3 nitrogen and oxygen atoms in total. The highest BCUT2D eigenvalue weighted by Gasteiger charge is 2.04. The Morgan fingerprint density at radius 2 is 2.20 bits per heavy atom. The van der Waals surface area contributed by atoms with Crippen molar-refractivity contribution in [3.63, 3.8) is 0 Å². The molecule has 1 aromatic rings. The smallest absolute Gasteiger partial charge is 0.123 e. The molecule has 0 fully saturated rings. The van der Waals surface area contributed by atoms with Crippen LogP contribution in [0.2, 0.25) is 0 Å². The van der Waals surface area contributed by atoms with Crippen molar-refractivity contribution in [1.29, 1.82) is 0 Å².